The van der Waals surface area contributed by atoms with Crippen LogP contribution in [-0.4, -0.2) is 37.5 Å². The van der Waals surface area contributed by atoms with Gasteiger partial charge in [-0.1, -0.05) is 0 Å². The van der Waals surface area contributed by atoms with Gasteiger partial charge in [-0.25, -0.2) is 9.78 Å². The van der Waals surface area contributed by atoms with Gasteiger partial charge in [-0.3, -0.25) is 5.43 Å². The predicted octanol–water partition coefficient (Wildman–Crippen LogP) is 4.26. The predicted molar refractivity (Wildman–Crippen MR) is 103 cm³/mol. The standard InChI is InChI=1S/C18H17BrF3N3O4/c1-3-28-14-7-11(6-13(19)17(14)29-10-16(26)27-2)8-24-25-15-5-4-12(9-23-15)18(20,21)22/h4-9H,3,10H2,1-2H3,(H,23,25)/b24-8-. The quantitative estimate of drug-likeness (QED) is 0.349. The molecule has 1 aromatic heterocycles. The second-order valence-corrected chi connectivity index (χ2v) is 6.28. The van der Waals surface area contributed by atoms with Gasteiger partial charge in [-0.15, -0.1) is 0 Å². The number of aromatic nitrogens is 1. The van der Waals surface area contributed by atoms with Gasteiger partial charge >= 0.3 is 12.1 Å². The summed E-state index contributed by atoms with van der Waals surface area (Å²) in [6, 6.07) is 5.38. The zero-order valence-corrected chi connectivity index (χ0v) is 17.0. The van der Waals surface area contributed by atoms with E-state index in [2.05, 4.69) is 36.2 Å². The molecule has 0 aliphatic heterocycles. The number of hydrazone groups is 1. The number of esters is 1. The van der Waals surface area contributed by atoms with Crippen molar-refractivity contribution in [3.05, 3.63) is 46.1 Å². The highest BCUT2D eigenvalue weighted by Crippen LogP contribution is 2.36. The third kappa shape index (κ3) is 6.63. The molecule has 11 heteroatoms. The summed E-state index contributed by atoms with van der Waals surface area (Å²) in [6.45, 7) is 1.86. The van der Waals surface area contributed by atoms with Crippen molar-refractivity contribution < 1.29 is 32.2 Å². The zero-order valence-electron chi connectivity index (χ0n) is 15.4. The second-order valence-electron chi connectivity index (χ2n) is 5.43. The van der Waals surface area contributed by atoms with Gasteiger partial charge < -0.3 is 14.2 Å². The molecule has 0 spiro atoms. The lowest BCUT2D eigenvalue weighted by Gasteiger charge is -2.13. The third-order valence-electron chi connectivity index (χ3n) is 3.38. The van der Waals surface area contributed by atoms with Crippen LogP contribution in [-0.2, 0) is 15.7 Å². The summed E-state index contributed by atoms with van der Waals surface area (Å²) in [7, 11) is 1.25. The van der Waals surface area contributed by atoms with E-state index in [0.717, 1.165) is 12.3 Å². The molecule has 0 saturated carbocycles. The number of ether oxygens (including phenoxy) is 3. The lowest BCUT2D eigenvalue weighted by atomic mass is 10.2. The molecule has 0 aliphatic rings. The number of rotatable bonds is 8. The van der Waals surface area contributed by atoms with Crippen molar-refractivity contribution >= 4 is 33.9 Å². The molecule has 7 nitrogen and oxygen atoms in total. The van der Waals surface area contributed by atoms with Gasteiger partial charge in [0.05, 0.1) is 30.0 Å². The molecule has 1 aromatic carbocycles. The Morgan fingerprint density at radius 2 is 2.07 bits per heavy atom. The van der Waals surface area contributed by atoms with Gasteiger partial charge in [-0.2, -0.15) is 18.3 Å². The molecular weight excluding hydrogens is 459 g/mol. The summed E-state index contributed by atoms with van der Waals surface area (Å²) in [5.41, 5.74) is 2.30. The first-order chi connectivity index (χ1) is 13.7. The largest absolute Gasteiger partial charge is 0.490 e. The molecule has 29 heavy (non-hydrogen) atoms. The van der Waals surface area contributed by atoms with Crippen LogP contribution in [0.5, 0.6) is 11.5 Å². The smallest absolute Gasteiger partial charge is 0.417 e. The summed E-state index contributed by atoms with van der Waals surface area (Å²) in [5, 5.41) is 3.95. The summed E-state index contributed by atoms with van der Waals surface area (Å²) >= 11 is 3.35. The first kappa shape index (κ1) is 22.5. The highest BCUT2D eigenvalue weighted by molar-refractivity contribution is 9.10. The number of carbonyl (C=O) groups is 1. The van der Waals surface area contributed by atoms with Crippen molar-refractivity contribution in [1.29, 1.82) is 0 Å². The zero-order chi connectivity index (χ0) is 21.4. The molecule has 0 radical (unpaired) electrons. The number of pyridine rings is 1. The molecule has 2 aromatic rings. The van der Waals surface area contributed by atoms with Gasteiger partial charge in [0.25, 0.3) is 0 Å². The topological polar surface area (TPSA) is 82.0 Å². The first-order valence-corrected chi connectivity index (χ1v) is 9.02. The molecule has 0 fully saturated rings. The Balaban J connectivity index is 2.12. The van der Waals surface area contributed by atoms with E-state index in [1.807, 2.05) is 0 Å². The van der Waals surface area contributed by atoms with E-state index < -0.39 is 17.7 Å². The number of hydrogen-bond donors (Lipinski definition) is 1. The van der Waals surface area contributed by atoms with Crippen LogP contribution in [0.3, 0.4) is 0 Å². The Kier molecular flexibility index (Phi) is 7.82. The van der Waals surface area contributed by atoms with Gasteiger partial charge in [-0.05, 0) is 52.7 Å². The SMILES string of the molecule is CCOc1cc(/C=N\Nc2ccc(C(F)(F)F)cn2)cc(Br)c1OCC(=O)OC. The minimum absolute atomic E-state index is 0.149. The number of methoxy groups -OCH3 is 1. The van der Waals surface area contributed by atoms with Crippen LogP contribution in [0.25, 0.3) is 0 Å². The number of nitrogens with one attached hydrogen (secondary N) is 1. The maximum atomic E-state index is 12.5. The van der Waals surface area contributed by atoms with E-state index in [4.69, 9.17) is 9.47 Å². The number of anilines is 1. The lowest BCUT2D eigenvalue weighted by Crippen LogP contribution is -2.13. The average molecular weight is 476 g/mol. The van der Waals surface area contributed by atoms with Crippen molar-refractivity contribution in [2.45, 2.75) is 13.1 Å². The van der Waals surface area contributed by atoms with Crippen LogP contribution < -0.4 is 14.9 Å². The molecule has 156 valence electrons. The molecular formula is C18H17BrF3N3O4. The summed E-state index contributed by atoms with van der Waals surface area (Å²) in [6.07, 6.45) is -2.31. The van der Waals surface area contributed by atoms with E-state index in [1.54, 1.807) is 19.1 Å². The summed E-state index contributed by atoms with van der Waals surface area (Å²) in [5.74, 6) is 0.307. The number of alkyl halides is 3. The minimum Gasteiger partial charge on any atom is -0.490 e. The van der Waals surface area contributed by atoms with Crippen LogP contribution in [0.2, 0.25) is 0 Å². The van der Waals surface area contributed by atoms with Crippen molar-refractivity contribution in [2.75, 3.05) is 25.7 Å². The van der Waals surface area contributed by atoms with Crippen LogP contribution in [0.1, 0.15) is 18.1 Å². The Morgan fingerprint density at radius 3 is 2.66 bits per heavy atom. The molecule has 0 aliphatic carbocycles. The van der Waals surface area contributed by atoms with E-state index in [0.29, 0.717) is 28.1 Å². The normalized spacial score (nSPS) is 11.4. The van der Waals surface area contributed by atoms with E-state index in [1.165, 1.54) is 19.4 Å². The number of benzene rings is 1. The molecule has 1 heterocycles. The highest BCUT2D eigenvalue weighted by Gasteiger charge is 2.30. The maximum absolute atomic E-state index is 12.5. The fourth-order valence-electron chi connectivity index (χ4n) is 2.06. The van der Waals surface area contributed by atoms with Gasteiger partial charge in [0, 0.05) is 6.20 Å². The Bertz CT molecular complexity index is 874. The number of nitrogens with zero attached hydrogens (tertiary/aromatic N) is 2. The van der Waals surface area contributed by atoms with Crippen LogP contribution >= 0.6 is 15.9 Å². The molecule has 0 atom stereocenters. The van der Waals surface area contributed by atoms with Crippen molar-refractivity contribution in [2.24, 2.45) is 5.10 Å². The van der Waals surface area contributed by atoms with Crippen LogP contribution in [0, 0.1) is 0 Å². The Labute approximate surface area is 173 Å². The average Bonchev–Trinajstić information content (AvgIpc) is 2.67. The molecule has 0 saturated heterocycles. The Morgan fingerprint density at radius 1 is 1.31 bits per heavy atom. The van der Waals surface area contributed by atoms with E-state index >= 15 is 0 Å². The molecule has 1 N–H and O–H groups in total. The molecule has 2 rings (SSSR count). The number of halogens is 4. The second kappa shape index (κ2) is 10.1. The number of hydrogen-bond acceptors (Lipinski definition) is 7. The van der Waals surface area contributed by atoms with Crippen LogP contribution in [0.4, 0.5) is 19.0 Å². The molecule has 0 bridgehead atoms. The van der Waals surface area contributed by atoms with Crippen LogP contribution in [0.15, 0.2) is 40.0 Å². The molecule has 0 amide bonds. The van der Waals surface area contributed by atoms with Gasteiger partial charge in [0.15, 0.2) is 18.1 Å². The maximum Gasteiger partial charge on any atom is 0.417 e. The third-order valence-corrected chi connectivity index (χ3v) is 3.97. The Hall–Kier alpha value is -2.82. The number of carbonyl (C=O) groups excluding carboxylic acids is 1. The molecule has 0 unspecified atom stereocenters. The van der Waals surface area contributed by atoms with Crippen molar-refractivity contribution in [3.63, 3.8) is 0 Å². The van der Waals surface area contributed by atoms with Crippen molar-refractivity contribution in [3.8, 4) is 11.5 Å². The van der Waals surface area contributed by atoms with E-state index in [9.17, 15) is 18.0 Å². The van der Waals surface area contributed by atoms with Gasteiger partial charge in [0.1, 0.15) is 5.82 Å². The highest BCUT2D eigenvalue weighted by atomic mass is 79.9. The van der Waals surface area contributed by atoms with Gasteiger partial charge in [0.2, 0.25) is 0 Å². The first-order valence-electron chi connectivity index (χ1n) is 8.23. The monoisotopic (exact) mass is 475 g/mol. The summed E-state index contributed by atoms with van der Waals surface area (Å²) in [4.78, 5) is 14.9. The lowest BCUT2D eigenvalue weighted by molar-refractivity contribution is -0.143. The fourth-order valence-corrected chi connectivity index (χ4v) is 2.63. The van der Waals surface area contributed by atoms with E-state index in [-0.39, 0.29) is 12.4 Å². The summed E-state index contributed by atoms with van der Waals surface area (Å²) < 4.78 is 53.6. The fraction of sp³-hybridized carbons (Fsp3) is 0.278. The minimum atomic E-state index is -4.45. The van der Waals surface area contributed by atoms with Crippen molar-refractivity contribution in [1.82, 2.24) is 4.98 Å².